The highest BCUT2D eigenvalue weighted by Crippen LogP contribution is 2.45. The van der Waals surface area contributed by atoms with Crippen molar-refractivity contribution in [2.75, 3.05) is 12.4 Å². The number of fused-ring (bicyclic) bond motifs is 1. The lowest BCUT2D eigenvalue weighted by Crippen LogP contribution is -2.55. The molecule has 2 aromatic rings. The summed E-state index contributed by atoms with van der Waals surface area (Å²) in [6.07, 6.45) is 3.51. The van der Waals surface area contributed by atoms with Gasteiger partial charge in [-0.3, -0.25) is 4.79 Å². The quantitative estimate of drug-likeness (QED) is 0.790. The molecule has 0 saturated carbocycles. The molecule has 3 heterocycles. The van der Waals surface area contributed by atoms with E-state index in [9.17, 15) is 9.59 Å². The molecule has 3 rings (SSSR count). The first-order valence-corrected chi connectivity index (χ1v) is 9.11. The number of ether oxygens (including phenoxy) is 1. The minimum absolute atomic E-state index is 0.0241. The van der Waals surface area contributed by atoms with Crippen LogP contribution in [-0.2, 0) is 28.0 Å². The van der Waals surface area contributed by atoms with E-state index >= 15 is 0 Å². The molecule has 140 valence electrons. The van der Waals surface area contributed by atoms with Crippen LogP contribution in [0.25, 0.3) is 0 Å². The van der Waals surface area contributed by atoms with Gasteiger partial charge in [0.25, 0.3) is 0 Å². The van der Waals surface area contributed by atoms with E-state index in [0.29, 0.717) is 17.0 Å². The van der Waals surface area contributed by atoms with Crippen LogP contribution in [0.5, 0.6) is 0 Å². The zero-order chi connectivity index (χ0) is 19.1. The Kier molecular flexibility index (Phi) is 4.61. The van der Waals surface area contributed by atoms with Gasteiger partial charge in [0.05, 0.1) is 12.7 Å². The van der Waals surface area contributed by atoms with E-state index in [0.717, 1.165) is 10.4 Å². The van der Waals surface area contributed by atoms with Crippen molar-refractivity contribution in [1.29, 1.82) is 0 Å². The highest BCUT2D eigenvalue weighted by atomic mass is 32.1. The molecule has 2 aromatic heterocycles. The number of nitrogens with one attached hydrogen (secondary N) is 2. The summed E-state index contributed by atoms with van der Waals surface area (Å²) in [5.74, 6) is -0.712. The Bertz CT molecular complexity index is 839. The summed E-state index contributed by atoms with van der Waals surface area (Å²) in [6, 6.07) is 0. The maximum absolute atomic E-state index is 12.5. The lowest BCUT2D eigenvalue weighted by atomic mass is 9.81. The third-order valence-corrected chi connectivity index (χ3v) is 5.73. The van der Waals surface area contributed by atoms with Crippen molar-refractivity contribution >= 4 is 28.2 Å². The number of carbonyl (C=O) groups excluding carboxylic acids is 2. The van der Waals surface area contributed by atoms with Gasteiger partial charge < -0.3 is 15.4 Å². The number of nitrogens with zero attached hydrogens (tertiary/aromatic N) is 3. The fourth-order valence-corrected chi connectivity index (χ4v) is 4.84. The van der Waals surface area contributed by atoms with Gasteiger partial charge in [-0.1, -0.05) is 0 Å². The van der Waals surface area contributed by atoms with E-state index in [1.165, 1.54) is 35.8 Å². The fraction of sp³-hybridized carbons (Fsp3) is 0.529. The number of amides is 1. The van der Waals surface area contributed by atoms with Gasteiger partial charge in [0, 0.05) is 16.0 Å². The van der Waals surface area contributed by atoms with Gasteiger partial charge in [0.2, 0.25) is 5.91 Å². The average molecular weight is 377 g/mol. The SMILES string of the molecule is COC(=O)c1c(NC(=O)Cn2cncn2)sc2c1CC(C)(C)NC2(C)C. The van der Waals surface area contributed by atoms with Crippen LogP contribution in [0.2, 0.25) is 0 Å². The van der Waals surface area contributed by atoms with Gasteiger partial charge in [-0.2, -0.15) is 5.10 Å². The van der Waals surface area contributed by atoms with E-state index in [1.807, 2.05) is 0 Å². The molecule has 0 bridgehead atoms. The molecule has 0 atom stereocenters. The molecule has 1 aliphatic rings. The third-order valence-electron chi connectivity index (χ3n) is 4.26. The average Bonchev–Trinajstić information content (AvgIpc) is 3.13. The van der Waals surface area contributed by atoms with Crippen LogP contribution in [-0.4, -0.2) is 39.3 Å². The summed E-state index contributed by atoms with van der Waals surface area (Å²) < 4.78 is 6.42. The number of aromatic nitrogens is 3. The molecule has 1 amide bonds. The summed E-state index contributed by atoms with van der Waals surface area (Å²) in [5, 5.41) is 10.9. The molecule has 26 heavy (non-hydrogen) atoms. The Morgan fingerprint density at radius 1 is 1.38 bits per heavy atom. The van der Waals surface area contributed by atoms with Crippen LogP contribution in [0.1, 0.15) is 48.5 Å². The number of rotatable bonds is 4. The Hall–Kier alpha value is -2.26. The van der Waals surface area contributed by atoms with Crippen molar-refractivity contribution < 1.29 is 14.3 Å². The molecule has 0 unspecified atom stereocenters. The van der Waals surface area contributed by atoms with Gasteiger partial charge in [-0.25, -0.2) is 14.5 Å². The molecule has 0 saturated heterocycles. The van der Waals surface area contributed by atoms with Crippen LogP contribution < -0.4 is 10.6 Å². The van der Waals surface area contributed by atoms with Crippen LogP contribution in [0, 0.1) is 0 Å². The highest BCUT2D eigenvalue weighted by Gasteiger charge is 2.42. The van der Waals surface area contributed by atoms with Crippen molar-refractivity contribution in [2.45, 2.75) is 51.7 Å². The number of methoxy groups -OCH3 is 1. The van der Waals surface area contributed by atoms with Crippen LogP contribution in [0.15, 0.2) is 12.7 Å². The maximum Gasteiger partial charge on any atom is 0.341 e. The molecular formula is C17H23N5O3S. The predicted molar refractivity (Wildman–Crippen MR) is 98.3 cm³/mol. The third kappa shape index (κ3) is 3.49. The largest absolute Gasteiger partial charge is 0.465 e. The van der Waals surface area contributed by atoms with Crippen molar-refractivity contribution in [1.82, 2.24) is 20.1 Å². The van der Waals surface area contributed by atoms with E-state index in [2.05, 4.69) is 48.4 Å². The van der Waals surface area contributed by atoms with Crippen LogP contribution in [0.3, 0.4) is 0 Å². The first-order chi connectivity index (χ1) is 12.1. The Morgan fingerprint density at radius 3 is 2.73 bits per heavy atom. The molecule has 0 aromatic carbocycles. The summed E-state index contributed by atoms with van der Waals surface area (Å²) in [6.45, 7) is 8.37. The zero-order valence-corrected chi connectivity index (χ0v) is 16.4. The fourth-order valence-electron chi connectivity index (χ4n) is 3.56. The lowest BCUT2D eigenvalue weighted by molar-refractivity contribution is -0.116. The molecular weight excluding hydrogens is 354 g/mol. The second kappa shape index (κ2) is 6.48. The lowest BCUT2D eigenvalue weighted by Gasteiger charge is -2.42. The van der Waals surface area contributed by atoms with E-state index in [4.69, 9.17) is 4.74 Å². The van der Waals surface area contributed by atoms with Gasteiger partial charge in [0.1, 0.15) is 24.2 Å². The minimum Gasteiger partial charge on any atom is -0.465 e. The molecule has 8 nitrogen and oxygen atoms in total. The van der Waals surface area contributed by atoms with Crippen LogP contribution >= 0.6 is 11.3 Å². The molecule has 0 fully saturated rings. The number of thiophene rings is 1. The first kappa shape index (κ1) is 18.5. The molecule has 2 N–H and O–H groups in total. The monoisotopic (exact) mass is 377 g/mol. The van der Waals surface area contributed by atoms with Crippen molar-refractivity contribution in [3.05, 3.63) is 28.7 Å². The van der Waals surface area contributed by atoms with Gasteiger partial charge >= 0.3 is 5.97 Å². The Balaban J connectivity index is 1.99. The number of carbonyl (C=O) groups is 2. The summed E-state index contributed by atoms with van der Waals surface area (Å²) >= 11 is 1.41. The number of anilines is 1. The molecule has 0 spiro atoms. The predicted octanol–water partition coefficient (Wildman–Crippen LogP) is 1.92. The smallest absolute Gasteiger partial charge is 0.341 e. The second-order valence-electron chi connectivity index (χ2n) is 7.56. The molecule has 1 aliphatic heterocycles. The molecule has 9 heteroatoms. The second-order valence-corrected chi connectivity index (χ2v) is 8.58. The van der Waals surface area contributed by atoms with Crippen molar-refractivity contribution in [2.24, 2.45) is 0 Å². The summed E-state index contributed by atoms with van der Waals surface area (Å²) in [5.41, 5.74) is 0.885. The van der Waals surface area contributed by atoms with E-state index in [-0.39, 0.29) is 23.5 Å². The van der Waals surface area contributed by atoms with Gasteiger partial charge in [-0.05, 0) is 39.7 Å². The Morgan fingerprint density at radius 2 is 2.12 bits per heavy atom. The van der Waals surface area contributed by atoms with E-state index in [1.54, 1.807) is 0 Å². The Labute approximate surface area is 156 Å². The van der Waals surface area contributed by atoms with Crippen molar-refractivity contribution in [3.8, 4) is 0 Å². The zero-order valence-electron chi connectivity index (χ0n) is 15.5. The minimum atomic E-state index is -0.438. The van der Waals surface area contributed by atoms with Crippen molar-refractivity contribution in [3.63, 3.8) is 0 Å². The molecule has 0 radical (unpaired) electrons. The first-order valence-electron chi connectivity index (χ1n) is 8.29. The normalized spacial score (nSPS) is 17.4. The standard InChI is InChI=1S/C17H23N5O3S/c1-16(2)6-10-12(15(24)25-5)14(26-13(10)17(3,4)21-16)20-11(23)7-22-9-18-8-19-22/h8-9,21H,6-7H2,1-5H3,(H,20,23). The summed E-state index contributed by atoms with van der Waals surface area (Å²) in [4.78, 5) is 29.7. The van der Waals surface area contributed by atoms with Crippen LogP contribution in [0.4, 0.5) is 5.00 Å². The van der Waals surface area contributed by atoms with Gasteiger partial charge in [0.15, 0.2) is 0 Å². The number of hydrogen-bond donors (Lipinski definition) is 2. The molecule has 0 aliphatic carbocycles. The van der Waals surface area contributed by atoms with Gasteiger partial charge in [-0.15, -0.1) is 11.3 Å². The maximum atomic E-state index is 12.5. The van der Waals surface area contributed by atoms with E-state index < -0.39 is 5.97 Å². The highest BCUT2D eigenvalue weighted by molar-refractivity contribution is 7.17. The summed E-state index contributed by atoms with van der Waals surface area (Å²) in [7, 11) is 1.35. The number of hydrogen-bond acceptors (Lipinski definition) is 7. The number of esters is 1. The topological polar surface area (TPSA) is 98.1 Å².